The number of nitrogen functional groups attached to an aromatic ring is 2. The minimum atomic E-state index is 0.403. The van der Waals surface area contributed by atoms with Gasteiger partial charge in [0.1, 0.15) is 6.61 Å². The lowest BCUT2D eigenvalue weighted by atomic mass is 9.95. The van der Waals surface area contributed by atoms with E-state index in [-0.39, 0.29) is 0 Å². The summed E-state index contributed by atoms with van der Waals surface area (Å²) >= 11 is 0. The summed E-state index contributed by atoms with van der Waals surface area (Å²) in [6, 6.07) is 21.8. The first-order valence-corrected chi connectivity index (χ1v) is 8.51. The van der Waals surface area contributed by atoms with E-state index >= 15 is 0 Å². The molecule has 4 N–H and O–H groups in total. The summed E-state index contributed by atoms with van der Waals surface area (Å²) in [4.78, 5) is 5.54. The van der Waals surface area contributed by atoms with Crippen LogP contribution in [0.15, 0.2) is 71.9 Å². The van der Waals surface area contributed by atoms with Crippen LogP contribution in [0.4, 0.5) is 11.4 Å². The Bertz CT molecular complexity index is 913. The summed E-state index contributed by atoms with van der Waals surface area (Å²) in [6.07, 6.45) is 0. The van der Waals surface area contributed by atoms with Gasteiger partial charge in [0.25, 0.3) is 0 Å². The molecule has 26 heavy (non-hydrogen) atoms. The lowest BCUT2D eigenvalue weighted by Gasteiger charge is -2.11. The zero-order chi connectivity index (χ0) is 18.5. The Morgan fingerprint density at radius 1 is 0.885 bits per heavy atom. The summed E-state index contributed by atoms with van der Waals surface area (Å²) < 4.78 is 0. The van der Waals surface area contributed by atoms with Gasteiger partial charge in [-0.3, -0.25) is 0 Å². The predicted molar refractivity (Wildman–Crippen MR) is 109 cm³/mol. The minimum Gasteiger partial charge on any atom is -0.399 e. The average Bonchev–Trinajstić information content (AvgIpc) is 2.64. The molecule has 0 aliphatic rings. The van der Waals surface area contributed by atoms with Crippen LogP contribution in [-0.2, 0) is 11.4 Å². The van der Waals surface area contributed by atoms with Crippen LogP contribution in [0.25, 0.3) is 11.1 Å². The molecule has 0 bridgehead atoms. The van der Waals surface area contributed by atoms with Crippen molar-refractivity contribution < 1.29 is 4.84 Å². The number of hydrogen-bond acceptors (Lipinski definition) is 4. The highest BCUT2D eigenvalue weighted by atomic mass is 16.6. The van der Waals surface area contributed by atoms with Crippen molar-refractivity contribution in [2.45, 2.75) is 20.5 Å². The first-order valence-electron chi connectivity index (χ1n) is 8.51. The van der Waals surface area contributed by atoms with Crippen LogP contribution in [-0.4, -0.2) is 5.71 Å². The number of anilines is 2. The molecule has 3 aromatic rings. The van der Waals surface area contributed by atoms with Crippen LogP contribution >= 0.6 is 0 Å². The van der Waals surface area contributed by atoms with Gasteiger partial charge in [0.05, 0.1) is 5.71 Å². The van der Waals surface area contributed by atoms with E-state index in [4.69, 9.17) is 16.3 Å². The topological polar surface area (TPSA) is 73.6 Å². The van der Waals surface area contributed by atoms with Crippen LogP contribution in [0.5, 0.6) is 0 Å². The van der Waals surface area contributed by atoms with E-state index in [2.05, 4.69) is 30.3 Å². The second-order valence-electron chi connectivity index (χ2n) is 6.36. The maximum Gasteiger partial charge on any atom is 0.142 e. The number of rotatable bonds is 5. The van der Waals surface area contributed by atoms with Crippen LogP contribution in [0, 0.1) is 6.92 Å². The van der Waals surface area contributed by atoms with E-state index in [1.54, 1.807) is 0 Å². The maximum atomic E-state index is 5.81. The number of benzene rings is 3. The molecule has 0 fully saturated rings. The molecule has 0 spiro atoms. The van der Waals surface area contributed by atoms with Crippen LogP contribution in [0.3, 0.4) is 0 Å². The molecule has 0 amide bonds. The monoisotopic (exact) mass is 345 g/mol. The number of nitrogens with two attached hydrogens (primary N) is 2. The Morgan fingerprint density at radius 2 is 1.50 bits per heavy atom. The lowest BCUT2D eigenvalue weighted by Crippen LogP contribution is -2.00. The van der Waals surface area contributed by atoms with Gasteiger partial charge in [0, 0.05) is 16.9 Å². The van der Waals surface area contributed by atoms with Crippen molar-refractivity contribution in [2.75, 3.05) is 11.5 Å². The van der Waals surface area contributed by atoms with Gasteiger partial charge in [-0.1, -0.05) is 53.2 Å². The predicted octanol–water partition coefficient (Wildman–Crippen LogP) is 4.77. The molecule has 3 rings (SSSR count). The maximum absolute atomic E-state index is 5.81. The zero-order valence-electron chi connectivity index (χ0n) is 15.1. The van der Waals surface area contributed by atoms with E-state index in [0.717, 1.165) is 39.3 Å². The summed E-state index contributed by atoms with van der Waals surface area (Å²) in [5, 5.41) is 4.31. The molecule has 0 atom stereocenters. The van der Waals surface area contributed by atoms with Crippen molar-refractivity contribution in [1.29, 1.82) is 0 Å². The average molecular weight is 345 g/mol. The van der Waals surface area contributed by atoms with Gasteiger partial charge in [0.2, 0.25) is 0 Å². The third-order valence-electron chi connectivity index (χ3n) is 4.20. The van der Waals surface area contributed by atoms with Crippen molar-refractivity contribution in [2.24, 2.45) is 5.16 Å². The summed E-state index contributed by atoms with van der Waals surface area (Å²) in [5.41, 5.74) is 19.3. The summed E-state index contributed by atoms with van der Waals surface area (Å²) in [6.45, 7) is 4.43. The van der Waals surface area contributed by atoms with Crippen molar-refractivity contribution in [3.63, 3.8) is 0 Å². The first-order chi connectivity index (χ1) is 12.5. The molecule has 0 unspecified atom stereocenters. The van der Waals surface area contributed by atoms with Gasteiger partial charge in [-0.2, -0.15) is 0 Å². The summed E-state index contributed by atoms with van der Waals surface area (Å²) in [5.74, 6) is 0. The fourth-order valence-electron chi connectivity index (χ4n) is 2.74. The van der Waals surface area contributed by atoms with E-state index in [0.29, 0.717) is 6.61 Å². The largest absolute Gasteiger partial charge is 0.399 e. The Kier molecular flexibility index (Phi) is 5.23. The standard InChI is InChI=1S/C22H23N3O/c1-15-3-12-21(22(13-15)18-6-10-20(24)11-7-18)16(2)25-26-14-17-4-8-19(23)9-5-17/h3-13H,14,23-24H2,1-2H3/b25-16+. The van der Waals surface area contributed by atoms with E-state index < -0.39 is 0 Å². The van der Waals surface area contributed by atoms with Crippen molar-refractivity contribution in [1.82, 2.24) is 0 Å². The molecule has 0 saturated heterocycles. The van der Waals surface area contributed by atoms with Crippen LogP contribution < -0.4 is 11.5 Å². The van der Waals surface area contributed by atoms with E-state index in [9.17, 15) is 0 Å². The fourth-order valence-corrected chi connectivity index (χ4v) is 2.74. The molecular weight excluding hydrogens is 322 g/mol. The normalized spacial score (nSPS) is 11.4. The molecule has 3 aromatic carbocycles. The first kappa shape index (κ1) is 17.5. The minimum absolute atomic E-state index is 0.403. The Morgan fingerprint density at radius 3 is 2.15 bits per heavy atom. The molecule has 4 heteroatoms. The highest BCUT2D eigenvalue weighted by molar-refractivity contribution is 6.04. The van der Waals surface area contributed by atoms with Crippen molar-refractivity contribution in [3.05, 3.63) is 83.4 Å². The Labute approximate surface area is 154 Å². The van der Waals surface area contributed by atoms with E-state index in [1.165, 1.54) is 5.56 Å². The molecule has 0 aliphatic heterocycles. The SMILES string of the molecule is C/C(=N\OCc1ccc(N)cc1)c1ccc(C)cc1-c1ccc(N)cc1. The number of hydrogen-bond donors (Lipinski definition) is 2. The molecule has 0 aliphatic carbocycles. The third kappa shape index (κ3) is 4.22. The summed E-state index contributed by atoms with van der Waals surface area (Å²) in [7, 11) is 0. The highest BCUT2D eigenvalue weighted by Gasteiger charge is 2.09. The lowest BCUT2D eigenvalue weighted by molar-refractivity contribution is 0.130. The third-order valence-corrected chi connectivity index (χ3v) is 4.20. The second kappa shape index (κ2) is 7.74. The molecule has 0 heterocycles. The van der Waals surface area contributed by atoms with Crippen LogP contribution in [0.1, 0.15) is 23.6 Å². The molecule has 4 nitrogen and oxygen atoms in total. The van der Waals surface area contributed by atoms with Gasteiger partial charge in [-0.25, -0.2) is 0 Å². The molecule has 0 radical (unpaired) electrons. The van der Waals surface area contributed by atoms with Gasteiger partial charge < -0.3 is 16.3 Å². The number of nitrogens with zero attached hydrogens (tertiary/aromatic N) is 1. The number of oxime groups is 1. The van der Waals surface area contributed by atoms with Gasteiger partial charge in [-0.15, -0.1) is 0 Å². The highest BCUT2D eigenvalue weighted by Crippen LogP contribution is 2.26. The van der Waals surface area contributed by atoms with Crippen LogP contribution in [0.2, 0.25) is 0 Å². The van der Waals surface area contributed by atoms with E-state index in [1.807, 2.05) is 55.5 Å². The fraction of sp³-hybridized carbons (Fsp3) is 0.136. The quantitative estimate of drug-likeness (QED) is 0.397. The van der Waals surface area contributed by atoms with Gasteiger partial charge in [-0.05, 0) is 54.8 Å². The Hall–Kier alpha value is -3.27. The molecule has 132 valence electrons. The Balaban J connectivity index is 1.83. The molecule has 0 saturated carbocycles. The molecular formula is C22H23N3O. The zero-order valence-corrected chi connectivity index (χ0v) is 15.1. The van der Waals surface area contributed by atoms with Gasteiger partial charge in [0.15, 0.2) is 0 Å². The molecule has 0 aromatic heterocycles. The smallest absolute Gasteiger partial charge is 0.142 e. The van der Waals surface area contributed by atoms with Crippen molar-refractivity contribution >= 4 is 17.1 Å². The number of aryl methyl sites for hydroxylation is 1. The van der Waals surface area contributed by atoms with Crippen molar-refractivity contribution in [3.8, 4) is 11.1 Å². The van der Waals surface area contributed by atoms with Gasteiger partial charge >= 0.3 is 0 Å². The second-order valence-corrected chi connectivity index (χ2v) is 6.36.